The van der Waals surface area contributed by atoms with Gasteiger partial charge in [0.05, 0.1) is 17.7 Å². The average Bonchev–Trinajstić information content (AvgIpc) is 3.77. The van der Waals surface area contributed by atoms with Crippen molar-refractivity contribution in [2.75, 3.05) is 0 Å². The maximum absolute atomic E-state index is 12.5. The van der Waals surface area contributed by atoms with Crippen LogP contribution in [-0.2, 0) is 23.4 Å². The summed E-state index contributed by atoms with van der Waals surface area (Å²) in [6.07, 6.45) is 13.8. The highest BCUT2D eigenvalue weighted by molar-refractivity contribution is 5.87. The van der Waals surface area contributed by atoms with Crippen LogP contribution in [0.5, 0.6) is 11.5 Å². The number of nitrogens with one attached hydrogen (secondary N) is 2. The van der Waals surface area contributed by atoms with Gasteiger partial charge in [-0.25, -0.2) is 0 Å². The number of hydrogen-bond acceptors (Lipinski definition) is 7. The van der Waals surface area contributed by atoms with E-state index >= 15 is 0 Å². The number of hydrogen-bond donors (Lipinski definition) is 6. The minimum atomic E-state index is -0.837. The quantitative estimate of drug-likeness (QED) is 0.107. The number of phenolic OH excluding ortho intramolecular Hbond substituents is 1. The number of aliphatic hydroxyl groups is 2. The number of nitrogens with zero attached hydrogens (tertiary/aromatic N) is 1. The first-order valence-electron chi connectivity index (χ1n) is 17.1. The highest BCUT2D eigenvalue weighted by Gasteiger charge is 2.51. The zero-order chi connectivity index (χ0) is 32.7. The molecule has 5 atom stereocenters. The van der Waals surface area contributed by atoms with Crippen LogP contribution >= 0.6 is 0 Å². The van der Waals surface area contributed by atoms with Crippen LogP contribution in [0.15, 0.2) is 61.2 Å². The molecule has 2 aromatic heterocycles. The lowest BCUT2D eigenvalue weighted by molar-refractivity contribution is -0.121. The van der Waals surface area contributed by atoms with Crippen molar-refractivity contribution in [3.05, 3.63) is 89.0 Å². The SMILES string of the molecule is CCCC(O)CC(O)CC(=O)CCc1ccc(O)c(OCn2cc3[nH]cc(C45CCCC4CC4=CNC(N)c6cccc5c64)c3c2)c1. The van der Waals surface area contributed by atoms with Gasteiger partial charge in [-0.2, -0.15) is 0 Å². The molecule has 47 heavy (non-hydrogen) atoms. The van der Waals surface area contributed by atoms with Crippen LogP contribution in [0.25, 0.3) is 16.5 Å². The number of carbonyl (C=O) groups is 1. The Labute approximate surface area is 275 Å². The fraction of sp³-hybridized carbons (Fsp3) is 0.447. The smallest absolute Gasteiger partial charge is 0.165 e. The monoisotopic (exact) mass is 638 g/mol. The van der Waals surface area contributed by atoms with E-state index in [1.807, 2.05) is 11.5 Å². The molecule has 7 N–H and O–H groups in total. The van der Waals surface area contributed by atoms with E-state index < -0.39 is 12.2 Å². The van der Waals surface area contributed by atoms with Gasteiger partial charge in [-0.05, 0) is 90.0 Å². The highest BCUT2D eigenvalue weighted by Crippen LogP contribution is 2.60. The Morgan fingerprint density at radius 2 is 2.04 bits per heavy atom. The van der Waals surface area contributed by atoms with Crippen molar-refractivity contribution in [3.63, 3.8) is 0 Å². The van der Waals surface area contributed by atoms with Gasteiger partial charge in [0, 0.05) is 48.4 Å². The van der Waals surface area contributed by atoms with Gasteiger partial charge in [0.1, 0.15) is 11.9 Å². The van der Waals surface area contributed by atoms with E-state index in [9.17, 15) is 20.1 Å². The number of aryl methyl sites for hydroxylation is 1. The van der Waals surface area contributed by atoms with E-state index in [1.165, 1.54) is 46.1 Å². The van der Waals surface area contributed by atoms with Gasteiger partial charge in [0.2, 0.25) is 0 Å². The molecule has 9 heteroatoms. The summed E-state index contributed by atoms with van der Waals surface area (Å²) in [5, 5.41) is 35.2. The number of ketones is 1. The number of rotatable bonds is 13. The summed E-state index contributed by atoms with van der Waals surface area (Å²) in [6, 6.07) is 11.8. The molecular formula is C38H46N4O5. The second kappa shape index (κ2) is 12.9. The first-order valence-corrected chi connectivity index (χ1v) is 17.1. The topological polar surface area (TPSA) is 146 Å². The summed E-state index contributed by atoms with van der Waals surface area (Å²) in [7, 11) is 0. The number of ether oxygens (including phenoxy) is 1. The zero-order valence-electron chi connectivity index (χ0n) is 27.0. The first kappa shape index (κ1) is 31.5. The number of fused-ring (bicyclic) bond motifs is 3. The number of nitrogens with two attached hydrogens (primary N) is 1. The number of carbonyl (C=O) groups excluding carboxylic acids is 1. The molecule has 1 fully saturated rings. The molecule has 1 aliphatic heterocycles. The Kier molecular flexibility index (Phi) is 8.63. The van der Waals surface area contributed by atoms with Crippen LogP contribution in [0.4, 0.5) is 0 Å². The molecule has 7 rings (SSSR count). The lowest BCUT2D eigenvalue weighted by Crippen LogP contribution is -2.40. The zero-order valence-corrected chi connectivity index (χ0v) is 27.0. The molecule has 0 spiro atoms. The van der Waals surface area contributed by atoms with Crippen LogP contribution in [0.1, 0.15) is 98.7 Å². The molecule has 2 aromatic carbocycles. The number of benzene rings is 2. The number of Topliss-reactive ketones (excluding diaryl/α,β-unsaturated/α-hetero) is 1. The predicted octanol–water partition coefficient (Wildman–Crippen LogP) is 5.91. The van der Waals surface area contributed by atoms with Gasteiger partial charge in [0.15, 0.2) is 18.2 Å². The third kappa shape index (κ3) is 5.85. The average molecular weight is 639 g/mol. The van der Waals surface area contributed by atoms with Gasteiger partial charge >= 0.3 is 0 Å². The molecule has 0 saturated heterocycles. The number of phenols is 1. The Balaban J connectivity index is 1.06. The summed E-state index contributed by atoms with van der Waals surface area (Å²) in [5.41, 5.74) is 14.9. The molecule has 0 bridgehead atoms. The normalized spacial score (nSPS) is 22.7. The predicted molar refractivity (Wildman–Crippen MR) is 182 cm³/mol. The summed E-state index contributed by atoms with van der Waals surface area (Å²) in [4.78, 5) is 16.0. The number of aromatic amines is 1. The van der Waals surface area contributed by atoms with E-state index in [0.717, 1.165) is 30.3 Å². The van der Waals surface area contributed by atoms with Crippen molar-refractivity contribution in [2.24, 2.45) is 11.7 Å². The Morgan fingerprint density at radius 1 is 1.17 bits per heavy atom. The molecular weight excluding hydrogens is 592 g/mol. The number of aromatic hydroxyl groups is 1. The van der Waals surface area contributed by atoms with Gasteiger partial charge in [-0.3, -0.25) is 4.79 Å². The van der Waals surface area contributed by atoms with Crippen molar-refractivity contribution >= 4 is 22.3 Å². The molecule has 0 radical (unpaired) electrons. The molecule has 4 aromatic rings. The van der Waals surface area contributed by atoms with E-state index in [-0.39, 0.29) is 49.1 Å². The minimum Gasteiger partial charge on any atom is -0.504 e. The van der Waals surface area contributed by atoms with Crippen molar-refractivity contribution in [1.82, 2.24) is 14.9 Å². The largest absolute Gasteiger partial charge is 0.504 e. The Hall–Kier alpha value is -4.05. The van der Waals surface area contributed by atoms with Gasteiger partial charge < -0.3 is 40.7 Å². The number of H-pyrrole nitrogens is 1. The molecule has 9 nitrogen and oxygen atoms in total. The van der Waals surface area contributed by atoms with Crippen molar-refractivity contribution in [1.29, 1.82) is 0 Å². The van der Waals surface area contributed by atoms with E-state index in [0.29, 0.717) is 24.5 Å². The Bertz CT molecular complexity index is 1810. The second-order valence-corrected chi connectivity index (χ2v) is 13.8. The lowest BCUT2D eigenvalue weighted by Gasteiger charge is -2.45. The van der Waals surface area contributed by atoms with Gasteiger partial charge in [-0.15, -0.1) is 0 Å². The molecule has 0 amide bonds. The van der Waals surface area contributed by atoms with E-state index in [1.54, 1.807) is 18.2 Å². The summed E-state index contributed by atoms with van der Waals surface area (Å²) in [5.74, 6) is 0.852. The molecule has 2 aliphatic carbocycles. The van der Waals surface area contributed by atoms with Crippen LogP contribution in [0, 0.1) is 5.92 Å². The number of aromatic nitrogens is 2. The standard InChI is InChI=1S/C38H46N4O5/c1-2-5-26(43)16-28(45)17-27(44)11-9-23-10-12-34(46)35(14-23)47-22-42-20-30-32(19-40-33(30)21-42)38-13-4-6-25(38)15-24-18-41-37(39)29-7-3-8-31(38)36(24)29/h3,7-8,10,12,14,18-21,25-26,28,37,40-41,43,45-46H,2,4-6,9,11,13,15-17,22,39H2,1H3. The first-order chi connectivity index (χ1) is 22.8. The minimum absolute atomic E-state index is 0.0301. The third-order valence-electron chi connectivity index (χ3n) is 10.7. The number of allylic oxidation sites excluding steroid dienone is 1. The highest BCUT2D eigenvalue weighted by atomic mass is 16.5. The number of aliphatic hydroxyl groups excluding tert-OH is 2. The Morgan fingerprint density at radius 3 is 2.89 bits per heavy atom. The van der Waals surface area contributed by atoms with E-state index in [4.69, 9.17) is 10.5 Å². The fourth-order valence-corrected chi connectivity index (χ4v) is 8.53. The lowest BCUT2D eigenvalue weighted by atomic mass is 9.59. The molecule has 3 heterocycles. The van der Waals surface area contributed by atoms with Crippen molar-refractivity contribution in [3.8, 4) is 11.5 Å². The molecule has 1 saturated carbocycles. The maximum Gasteiger partial charge on any atom is 0.165 e. The van der Waals surface area contributed by atoms with Gasteiger partial charge in [0.25, 0.3) is 0 Å². The third-order valence-corrected chi connectivity index (χ3v) is 10.7. The van der Waals surface area contributed by atoms with Crippen LogP contribution in [0.2, 0.25) is 0 Å². The summed E-state index contributed by atoms with van der Waals surface area (Å²) in [6.45, 7) is 2.19. The van der Waals surface area contributed by atoms with E-state index in [2.05, 4.69) is 53.3 Å². The molecule has 248 valence electrons. The summed E-state index contributed by atoms with van der Waals surface area (Å²) >= 11 is 0. The molecule has 3 aliphatic rings. The van der Waals surface area contributed by atoms with Crippen molar-refractivity contribution < 1.29 is 24.9 Å². The summed E-state index contributed by atoms with van der Waals surface area (Å²) < 4.78 is 8.11. The van der Waals surface area contributed by atoms with Crippen LogP contribution in [-0.4, -0.2) is 42.9 Å². The van der Waals surface area contributed by atoms with Crippen LogP contribution < -0.4 is 15.8 Å². The van der Waals surface area contributed by atoms with Crippen LogP contribution in [0.3, 0.4) is 0 Å². The van der Waals surface area contributed by atoms with Gasteiger partial charge in [-0.1, -0.05) is 44.0 Å². The maximum atomic E-state index is 12.5. The van der Waals surface area contributed by atoms with Crippen molar-refractivity contribution in [2.45, 2.75) is 102 Å². The fourth-order valence-electron chi connectivity index (χ4n) is 8.53. The molecule has 5 unspecified atom stereocenters. The second-order valence-electron chi connectivity index (χ2n) is 13.8.